The van der Waals surface area contributed by atoms with E-state index in [1.807, 2.05) is 0 Å². The molecule has 2 aliphatic rings. The van der Waals surface area contributed by atoms with Crippen LogP contribution in [-0.2, 0) is 4.79 Å². The van der Waals surface area contributed by atoms with Crippen molar-refractivity contribution < 1.29 is 4.79 Å². The van der Waals surface area contributed by atoms with E-state index in [1.54, 1.807) is 11.3 Å². The van der Waals surface area contributed by atoms with Crippen LogP contribution in [0.5, 0.6) is 0 Å². The third-order valence-corrected chi connectivity index (χ3v) is 7.30. The summed E-state index contributed by atoms with van der Waals surface area (Å²) in [7, 11) is 0. The third kappa shape index (κ3) is 2.77. The van der Waals surface area contributed by atoms with E-state index in [0.717, 1.165) is 32.4 Å². The second-order valence-corrected chi connectivity index (χ2v) is 10.8. The topological polar surface area (TPSA) is 29.1 Å². The first-order valence-corrected chi connectivity index (χ1v) is 10.8. The van der Waals surface area contributed by atoms with Gasteiger partial charge in [0.05, 0.1) is 9.83 Å². The molecule has 0 unspecified atom stereocenters. The number of ketones is 1. The molecule has 0 saturated heterocycles. The van der Waals surface area contributed by atoms with Gasteiger partial charge < -0.3 is 5.32 Å². The third-order valence-electron chi connectivity index (χ3n) is 5.61. The maximum absolute atomic E-state index is 13.3. The zero-order valence-corrected chi connectivity index (χ0v) is 17.7. The second-order valence-electron chi connectivity index (χ2n) is 8.27. The van der Waals surface area contributed by atoms with Crippen LogP contribution in [0.3, 0.4) is 0 Å². The smallest absolute Gasteiger partial charge is 0.164 e. The predicted octanol–water partition coefficient (Wildman–Crippen LogP) is 6.97. The van der Waals surface area contributed by atoms with Crippen LogP contribution in [0.1, 0.15) is 43.2 Å². The molecule has 0 amide bonds. The number of hydrogen-bond acceptors (Lipinski definition) is 3. The number of thiophene rings is 1. The number of Topliss-reactive ketones (excluding diaryl/α,β-unsaturated/α-hetero) is 1. The summed E-state index contributed by atoms with van der Waals surface area (Å²) in [4.78, 5) is 14.6. The molecule has 136 valence electrons. The summed E-state index contributed by atoms with van der Waals surface area (Å²) >= 11 is 5.33. The molecule has 1 aromatic heterocycles. The maximum Gasteiger partial charge on any atom is 0.164 e. The highest BCUT2D eigenvalue weighted by Gasteiger charge is 2.40. The van der Waals surface area contributed by atoms with Crippen molar-refractivity contribution in [1.29, 1.82) is 0 Å². The molecule has 5 rings (SSSR count). The predicted molar refractivity (Wildman–Crippen MR) is 117 cm³/mol. The van der Waals surface area contributed by atoms with Crippen LogP contribution >= 0.6 is 27.3 Å². The molecular weight excluding hydrogens is 418 g/mol. The number of nitrogens with one attached hydrogen (secondary N) is 1. The molecule has 1 N–H and O–H groups in total. The fraction of sp³-hybridized carbons (Fsp3) is 0.261. The number of halogens is 1. The highest BCUT2D eigenvalue weighted by Crippen LogP contribution is 2.52. The number of fused-ring (bicyclic) bond motifs is 4. The van der Waals surface area contributed by atoms with Crippen molar-refractivity contribution in [3.8, 4) is 0 Å². The number of benzene rings is 2. The van der Waals surface area contributed by atoms with Crippen LogP contribution in [-0.4, -0.2) is 5.78 Å². The van der Waals surface area contributed by atoms with Crippen molar-refractivity contribution >= 4 is 55.1 Å². The number of allylic oxidation sites excluding steroid dienone is 1. The van der Waals surface area contributed by atoms with Crippen LogP contribution in [0.25, 0.3) is 16.3 Å². The fourth-order valence-electron chi connectivity index (χ4n) is 4.55. The standard InChI is InChI=1S/C23H20BrNOS/c1-23(2)11-15-21(17(26)12-23)20-14-6-4-3-5-13(14)7-8-16(20)25-22(15)18-9-10-19(24)27-18/h3-10,22,25H,11-12H2,1-2H3/t22-/m0/s1. The lowest BCUT2D eigenvalue weighted by Crippen LogP contribution is -2.32. The molecule has 1 aliphatic heterocycles. The van der Waals surface area contributed by atoms with Gasteiger partial charge in [-0.2, -0.15) is 0 Å². The molecule has 1 atom stereocenters. The zero-order valence-electron chi connectivity index (χ0n) is 15.3. The van der Waals surface area contributed by atoms with Crippen molar-refractivity contribution in [3.63, 3.8) is 0 Å². The summed E-state index contributed by atoms with van der Waals surface area (Å²) < 4.78 is 1.12. The van der Waals surface area contributed by atoms with E-state index >= 15 is 0 Å². The van der Waals surface area contributed by atoms with E-state index in [4.69, 9.17) is 0 Å². The fourth-order valence-corrected chi connectivity index (χ4v) is 6.05. The normalized spacial score (nSPS) is 21.0. The summed E-state index contributed by atoms with van der Waals surface area (Å²) in [6.45, 7) is 4.41. The molecule has 3 aromatic rings. The minimum Gasteiger partial charge on any atom is -0.373 e. The Bertz CT molecular complexity index is 1120. The monoisotopic (exact) mass is 437 g/mol. The summed E-state index contributed by atoms with van der Waals surface area (Å²) in [5.41, 5.74) is 4.35. The zero-order chi connectivity index (χ0) is 18.8. The van der Waals surface area contributed by atoms with E-state index in [-0.39, 0.29) is 17.2 Å². The number of hydrogen-bond donors (Lipinski definition) is 1. The van der Waals surface area contributed by atoms with Gasteiger partial charge in [0.15, 0.2) is 5.78 Å². The number of carbonyl (C=O) groups excluding carboxylic acids is 1. The lowest BCUT2D eigenvalue weighted by molar-refractivity contribution is -0.116. The van der Waals surface area contributed by atoms with Crippen molar-refractivity contribution in [2.45, 2.75) is 32.7 Å². The molecule has 2 heterocycles. The largest absolute Gasteiger partial charge is 0.373 e. The van der Waals surface area contributed by atoms with Crippen molar-refractivity contribution in [2.75, 3.05) is 5.32 Å². The molecule has 2 aromatic carbocycles. The second kappa shape index (κ2) is 6.05. The minimum atomic E-state index is -0.00751. The van der Waals surface area contributed by atoms with Gasteiger partial charge in [0.2, 0.25) is 0 Å². The van der Waals surface area contributed by atoms with Gasteiger partial charge in [-0.05, 0) is 62.3 Å². The van der Waals surface area contributed by atoms with E-state index in [0.29, 0.717) is 6.42 Å². The summed E-state index contributed by atoms with van der Waals surface area (Å²) in [6.07, 6.45) is 1.54. The molecule has 0 bridgehead atoms. The molecule has 2 nitrogen and oxygen atoms in total. The van der Waals surface area contributed by atoms with Gasteiger partial charge in [-0.3, -0.25) is 4.79 Å². The number of carbonyl (C=O) groups is 1. The van der Waals surface area contributed by atoms with Gasteiger partial charge in [0, 0.05) is 28.1 Å². The van der Waals surface area contributed by atoms with Crippen LogP contribution in [0.4, 0.5) is 5.69 Å². The Hall–Kier alpha value is -1.91. The first-order valence-electron chi connectivity index (χ1n) is 9.23. The van der Waals surface area contributed by atoms with Gasteiger partial charge in [0.1, 0.15) is 0 Å². The number of rotatable bonds is 1. The van der Waals surface area contributed by atoms with Gasteiger partial charge in [-0.25, -0.2) is 0 Å². The lowest BCUT2D eigenvalue weighted by atomic mass is 9.68. The van der Waals surface area contributed by atoms with Crippen LogP contribution < -0.4 is 5.32 Å². The summed E-state index contributed by atoms with van der Waals surface area (Å²) in [6, 6.07) is 17.0. The highest BCUT2D eigenvalue weighted by molar-refractivity contribution is 9.11. The minimum absolute atomic E-state index is 0.00751. The van der Waals surface area contributed by atoms with E-state index < -0.39 is 0 Å². The number of anilines is 1. The molecule has 0 spiro atoms. The van der Waals surface area contributed by atoms with Crippen LogP contribution in [0.2, 0.25) is 0 Å². The van der Waals surface area contributed by atoms with Gasteiger partial charge in [-0.1, -0.05) is 44.2 Å². The van der Waals surface area contributed by atoms with E-state index in [1.165, 1.54) is 15.8 Å². The molecule has 0 radical (unpaired) electrons. The molecular formula is C23H20BrNOS. The molecule has 27 heavy (non-hydrogen) atoms. The average Bonchev–Trinajstić information content (AvgIpc) is 3.05. The Balaban J connectivity index is 1.81. The highest BCUT2D eigenvalue weighted by atomic mass is 79.9. The van der Waals surface area contributed by atoms with E-state index in [2.05, 4.69) is 83.6 Å². The lowest BCUT2D eigenvalue weighted by Gasteiger charge is -2.40. The molecule has 4 heteroatoms. The Morgan fingerprint density at radius 2 is 1.89 bits per heavy atom. The van der Waals surface area contributed by atoms with Crippen molar-refractivity contribution in [1.82, 2.24) is 0 Å². The van der Waals surface area contributed by atoms with Gasteiger partial charge in [-0.15, -0.1) is 11.3 Å². The Labute approximate surface area is 171 Å². The average molecular weight is 438 g/mol. The van der Waals surface area contributed by atoms with Crippen molar-refractivity contribution in [3.05, 3.63) is 68.3 Å². The SMILES string of the molecule is CC1(C)CC(=O)C2=C(C1)[C@@H](c1ccc(Br)s1)Nc1ccc3ccccc3c12. The molecule has 0 saturated carbocycles. The summed E-state index contributed by atoms with van der Waals surface area (Å²) in [5.74, 6) is 0.279. The summed E-state index contributed by atoms with van der Waals surface area (Å²) in [5, 5.41) is 6.10. The molecule has 1 aliphatic carbocycles. The Kier molecular flexibility index (Phi) is 3.85. The Morgan fingerprint density at radius 3 is 2.67 bits per heavy atom. The van der Waals surface area contributed by atoms with E-state index in [9.17, 15) is 4.79 Å². The van der Waals surface area contributed by atoms with Crippen LogP contribution in [0, 0.1) is 5.41 Å². The first kappa shape index (κ1) is 17.2. The van der Waals surface area contributed by atoms with Crippen molar-refractivity contribution in [2.24, 2.45) is 5.41 Å². The van der Waals surface area contributed by atoms with Gasteiger partial charge >= 0.3 is 0 Å². The quantitative estimate of drug-likeness (QED) is 0.444. The van der Waals surface area contributed by atoms with Crippen LogP contribution in [0.15, 0.2) is 57.9 Å². The Morgan fingerprint density at radius 1 is 1.07 bits per heavy atom. The molecule has 0 fully saturated rings. The maximum atomic E-state index is 13.3. The first-order chi connectivity index (χ1) is 12.9. The van der Waals surface area contributed by atoms with Gasteiger partial charge in [0.25, 0.3) is 0 Å².